The number of benzene rings is 1. The van der Waals surface area contributed by atoms with Crippen LogP contribution in [0.3, 0.4) is 0 Å². The summed E-state index contributed by atoms with van der Waals surface area (Å²) in [5.41, 5.74) is 1.05. The number of H-pyrrole nitrogens is 1. The van der Waals surface area contributed by atoms with Gasteiger partial charge in [-0.15, -0.1) is 5.10 Å². The Labute approximate surface area is 130 Å². The number of hydrogen-bond acceptors (Lipinski definition) is 4. The molecular weight excluding hydrogens is 340 g/mol. The maximum Gasteiger partial charge on any atom is 0.343 e. The van der Waals surface area contributed by atoms with Gasteiger partial charge in [-0.2, -0.15) is 0 Å². The van der Waals surface area contributed by atoms with Crippen molar-refractivity contribution < 1.29 is 0 Å². The van der Waals surface area contributed by atoms with Crippen LogP contribution < -0.4 is 11.0 Å². The third-order valence-electron chi connectivity index (χ3n) is 2.75. The van der Waals surface area contributed by atoms with Crippen LogP contribution in [0.25, 0.3) is 0 Å². The molecule has 0 aliphatic heterocycles. The zero-order valence-corrected chi connectivity index (χ0v) is 13.8. The average Bonchev–Trinajstić information content (AvgIpc) is 2.75. The van der Waals surface area contributed by atoms with Crippen LogP contribution in [0.4, 0.5) is 0 Å². The molecular formula is C13H17BrN4OS. The highest BCUT2D eigenvalue weighted by Gasteiger charge is 2.11. The van der Waals surface area contributed by atoms with Gasteiger partial charge in [0.15, 0.2) is 5.16 Å². The van der Waals surface area contributed by atoms with Crippen molar-refractivity contribution in [2.75, 3.05) is 7.05 Å². The van der Waals surface area contributed by atoms with Gasteiger partial charge in [0.05, 0.1) is 0 Å². The first-order valence-electron chi connectivity index (χ1n) is 6.41. The fourth-order valence-corrected chi connectivity index (χ4v) is 3.38. The molecule has 2 aromatic rings. The van der Waals surface area contributed by atoms with E-state index in [2.05, 4.69) is 43.6 Å². The van der Waals surface area contributed by atoms with Crippen molar-refractivity contribution >= 4 is 27.7 Å². The van der Waals surface area contributed by atoms with Crippen molar-refractivity contribution in [3.8, 4) is 0 Å². The zero-order chi connectivity index (χ0) is 14.5. The highest BCUT2D eigenvalue weighted by atomic mass is 79.9. The third-order valence-corrected chi connectivity index (χ3v) is 4.74. The SMILES string of the molecule is CCCn1c(Sc2ccc(CNC)cc2Br)n[nH]c1=O. The first-order valence-corrected chi connectivity index (χ1v) is 8.02. The molecule has 0 spiro atoms. The Balaban J connectivity index is 2.24. The van der Waals surface area contributed by atoms with Gasteiger partial charge in [0.1, 0.15) is 0 Å². The van der Waals surface area contributed by atoms with Crippen LogP contribution in [-0.4, -0.2) is 21.8 Å². The minimum Gasteiger partial charge on any atom is -0.316 e. The van der Waals surface area contributed by atoms with Crippen LogP contribution in [-0.2, 0) is 13.1 Å². The minimum absolute atomic E-state index is 0.155. The Morgan fingerprint density at radius 2 is 2.30 bits per heavy atom. The molecule has 1 aromatic heterocycles. The lowest BCUT2D eigenvalue weighted by atomic mass is 10.2. The lowest BCUT2D eigenvalue weighted by molar-refractivity contribution is 0.604. The summed E-state index contributed by atoms with van der Waals surface area (Å²) in [5, 5.41) is 10.4. The van der Waals surface area contributed by atoms with Crippen LogP contribution in [0.5, 0.6) is 0 Å². The number of aromatic nitrogens is 3. The van der Waals surface area contributed by atoms with Crippen molar-refractivity contribution in [3.05, 3.63) is 38.7 Å². The van der Waals surface area contributed by atoms with Crippen LogP contribution in [0, 0.1) is 0 Å². The number of halogens is 1. The molecule has 20 heavy (non-hydrogen) atoms. The molecule has 0 aliphatic carbocycles. The van der Waals surface area contributed by atoms with Gasteiger partial charge in [-0.3, -0.25) is 4.57 Å². The Morgan fingerprint density at radius 1 is 1.50 bits per heavy atom. The van der Waals surface area contributed by atoms with Crippen molar-refractivity contribution in [2.45, 2.75) is 36.5 Å². The number of rotatable bonds is 6. The Hall–Kier alpha value is -1.05. The normalized spacial score (nSPS) is 10.9. The van der Waals surface area contributed by atoms with Crippen LogP contribution in [0.15, 0.2) is 37.5 Å². The molecule has 5 nitrogen and oxygen atoms in total. The van der Waals surface area contributed by atoms with Gasteiger partial charge in [-0.25, -0.2) is 9.89 Å². The quantitative estimate of drug-likeness (QED) is 0.834. The van der Waals surface area contributed by atoms with Crippen molar-refractivity contribution in [3.63, 3.8) is 0 Å². The molecule has 1 heterocycles. The molecule has 0 aliphatic rings. The molecule has 2 N–H and O–H groups in total. The second-order valence-electron chi connectivity index (χ2n) is 4.36. The molecule has 0 saturated heterocycles. The molecule has 0 fully saturated rings. The second-order valence-corrected chi connectivity index (χ2v) is 6.22. The van der Waals surface area contributed by atoms with Gasteiger partial charge < -0.3 is 5.32 Å². The van der Waals surface area contributed by atoms with Crippen molar-refractivity contribution in [1.29, 1.82) is 0 Å². The summed E-state index contributed by atoms with van der Waals surface area (Å²) in [6, 6.07) is 6.18. The van der Waals surface area contributed by atoms with Gasteiger partial charge in [-0.1, -0.05) is 13.0 Å². The van der Waals surface area contributed by atoms with Gasteiger partial charge in [0, 0.05) is 22.5 Å². The van der Waals surface area contributed by atoms with Gasteiger partial charge in [0.2, 0.25) is 0 Å². The Bertz CT molecular complexity index is 638. The predicted octanol–water partition coefficient (Wildman–Crippen LogP) is 2.61. The van der Waals surface area contributed by atoms with E-state index in [4.69, 9.17) is 0 Å². The van der Waals surface area contributed by atoms with E-state index in [1.165, 1.54) is 17.3 Å². The average molecular weight is 357 g/mol. The lowest BCUT2D eigenvalue weighted by Crippen LogP contribution is -2.17. The van der Waals surface area contributed by atoms with E-state index < -0.39 is 0 Å². The molecule has 0 bridgehead atoms. The van der Waals surface area contributed by atoms with E-state index >= 15 is 0 Å². The summed E-state index contributed by atoms with van der Waals surface area (Å²) in [7, 11) is 1.92. The summed E-state index contributed by atoms with van der Waals surface area (Å²) in [5.74, 6) is 0. The highest BCUT2D eigenvalue weighted by molar-refractivity contribution is 9.10. The van der Waals surface area contributed by atoms with Gasteiger partial charge >= 0.3 is 5.69 Å². The fraction of sp³-hybridized carbons (Fsp3) is 0.385. The van der Waals surface area contributed by atoms with Crippen molar-refractivity contribution in [2.24, 2.45) is 0 Å². The standard InChI is InChI=1S/C13H17BrN4OS/c1-3-6-18-12(19)16-17-13(18)20-11-5-4-9(8-15-2)7-10(11)14/h4-5,7,15H,3,6,8H2,1-2H3,(H,16,19). The number of nitrogens with zero attached hydrogens (tertiary/aromatic N) is 2. The van der Waals surface area contributed by atoms with E-state index in [-0.39, 0.29) is 5.69 Å². The monoisotopic (exact) mass is 356 g/mol. The largest absolute Gasteiger partial charge is 0.343 e. The predicted molar refractivity (Wildman–Crippen MR) is 84.2 cm³/mol. The summed E-state index contributed by atoms with van der Waals surface area (Å²) in [6.45, 7) is 3.54. The molecule has 0 amide bonds. The molecule has 0 unspecified atom stereocenters. The van der Waals surface area contributed by atoms with Gasteiger partial charge in [0.25, 0.3) is 0 Å². The van der Waals surface area contributed by atoms with Gasteiger partial charge in [-0.05, 0) is 58.9 Å². The number of nitrogens with one attached hydrogen (secondary N) is 2. The summed E-state index contributed by atoms with van der Waals surface area (Å²) in [4.78, 5) is 12.7. The van der Waals surface area contributed by atoms with E-state index in [0.29, 0.717) is 11.7 Å². The molecule has 2 rings (SSSR count). The number of hydrogen-bond donors (Lipinski definition) is 2. The smallest absolute Gasteiger partial charge is 0.316 e. The molecule has 0 atom stereocenters. The Kier molecular flexibility index (Phi) is 5.45. The maximum atomic E-state index is 11.7. The fourth-order valence-electron chi connectivity index (χ4n) is 1.84. The van der Waals surface area contributed by atoms with Crippen molar-refractivity contribution in [1.82, 2.24) is 20.1 Å². The summed E-state index contributed by atoms with van der Waals surface area (Å²) < 4.78 is 2.67. The first-order chi connectivity index (χ1) is 9.65. The molecule has 0 radical (unpaired) electrons. The number of aromatic amines is 1. The Morgan fingerprint density at radius 3 is 2.95 bits per heavy atom. The van der Waals surface area contributed by atoms with Crippen LogP contribution >= 0.6 is 27.7 Å². The molecule has 0 saturated carbocycles. The second kappa shape index (κ2) is 7.10. The summed E-state index contributed by atoms with van der Waals surface area (Å²) in [6.07, 6.45) is 0.898. The maximum absolute atomic E-state index is 11.7. The first kappa shape index (κ1) is 15.3. The zero-order valence-electron chi connectivity index (χ0n) is 11.4. The molecule has 1 aromatic carbocycles. The lowest BCUT2D eigenvalue weighted by Gasteiger charge is -2.07. The highest BCUT2D eigenvalue weighted by Crippen LogP contribution is 2.32. The minimum atomic E-state index is -0.155. The van der Waals surface area contributed by atoms with E-state index in [0.717, 1.165) is 22.3 Å². The molecule has 7 heteroatoms. The molecule has 108 valence electrons. The van der Waals surface area contributed by atoms with E-state index in [9.17, 15) is 4.79 Å². The van der Waals surface area contributed by atoms with E-state index in [1.54, 1.807) is 4.57 Å². The van der Waals surface area contributed by atoms with Crippen LogP contribution in [0.2, 0.25) is 0 Å². The summed E-state index contributed by atoms with van der Waals surface area (Å²) >= 11 is 5.05. The third kappa shape index (κ3) is 3.53. The van der Waals surface area contributed by atoms with Crippen LogP contribution in [0.1, 0.15) is 18.9 Å². The van der Waals surface area contributed by atoms with E-state index in [1.807, 2.05) is 20.0 Å². The topological polar surface area (TPSA) is 62.7 Å².